The average Bonchev–Trinajstić information content (AvgIpc) is 3.46. The van der Waals surface area contributed by atoms with E-state index < -0.39 is 0 Å². The highest BCUT2D eigenvalue weighted by atomic mass is 32.1. The number of benzene rings is 1. The van der Waals surface area contributed by atoms with Crippen molar-refractivity contribution < 1.29 is 14.1 Å². The normalized spacial score (nSPS) is 16.6. The van der Waals surface area contributed by atoms with Gasteiger partial charge in [-0.05, 0) is 35.9 Å². The Balaban J connectivity index is 1.26. The highest BCUT2D eigenvalue weighted by molar-refractivity contribution is 7.12. The van der Waals surface area contributed by atoms with E-state index in [1.165, 1.54) is 11.3 Å². The Morgan fingerprint density at radius 1 is 1.32 bits per heavy atom. The number of carbonyl (C=O) groups excluding carboxylic acids is 1. The molecule has 1 aliphatic rings. The molecule has 1 aromatic carbocycles. The van der Waals surface area contributed by atoms with Gasteiger partial charge < -0.3 is 14.2 Å². The summed E-state index contributed by atoms with van der Waals surface area (Å²) < 4.78 is 11.1. The van der Waals surface area contributed by atoms with Crippen molar-refractivity contribution in [2.24, 2.45) is 0 Å². The van der Waals surface area contributed by atoms with Gasteiger partial charge in [-0.15, -0.1) is 11.3 Å². The zero-order valence-electron chi connectivity index (χ0n) is 15.8. The van der Waals surface area contributed by atoms with E-state index in [-0.39, 0.29) is 11.8 Å². The van der Waals surface area contributed by atoms with Crippen molar-refractivity contribution in [1.82, 2.24) is 15.0 Å². The second-order valence-electron chi connectivity index (χ2n) is 7.01. The second-order valence-corrected chi connectivity index (χ2v) is 7.92. The van der Waals surface area contributed by atoms with Crippen LogP contribution in [0.25, 0.3) is 0 Å². The maximum atomic E-state index is 12.7. The first-order valence-corrected chi connectivity index (χ1v) is 10.4. The molecule has 0 saturated carbocycles. The van der Waals surface area contributed by atoms with E-state index in [1.54, 1.807) is 0 Å². The Kier molecular flexibility index (Phi) is 5.83. The van der Waals surface area contributed by atoms with Crippen molar-refractivity contribution in [3.05, 3.63) is 69.5 Å². The van der Waals surface area contributed by atoms with Crippen molar-refractivity contribution in [3.63, 3.8) is 0 Å². The number of rotatable bonds is 7. The molecule has 1 atom stereocenters. The van der Waals surface area contributed by atoms with Crippen LogP contribution in [0.5, 0.6) is 0 Å². The first kappa shape index (κ1) is 18.8. The molecule has 0 spiro atoms. The number of hydrogen-bond acceptors (Lipinski definition) is 6. The molecule has 7 heteroatoms. The lowest BCUT2D eigenvalue weighted by molar-refractivity contribution is 0.0793. The fraction of sp³-hybridized carbons (Fsp3) is 0.381. The SMILES string of the molecule is Cc1ccsc1C(=O)N1CCC(c2nc(CCOCc3ccccc3)no2)C1. The van der Waals surface area contributed by atoms with E-state index in [2.05, 4.69) is 10.1 Å². The van der Waals surface area contributed by atoms with Gasteiger partial charge in [0.15, 0.2) is 5.82 Å². The third-order valence-corrected chi connectivity index (χ3v) is 5.95. The van der Waals surface area contributed by atoms with Crippen LogP contribution in [0.1, 0.15) is 44.9 Å². The van der Waals surface area contributed by atoms with Gasteiger partial charge in [0.2, 0.25) is 5.89 Å². The monoisotopic (exact) mass is 397 g/mol. The van der Waals surface area contributed by atoms with Gasteiger partial charge in [-0.1, -0.05) is 35.5 Å². The number of hydrogen-bond donors (Lipinski definition) is 0. The van der Waals surface area contributed by atoms with Crippen LogP contribution < -0.4 is 0 Å². The first-order valence-electron chi connectivity index (χ1n) is 9.48. The summed E-state index contributed by atoms with van der Waals surface area (Å²) in [5, 5.41) is 6.03. The standard InChI is InChI=1S/C21H23N3O3S/c1-15-9-12-28-19(15)21(25)24-10-7-17(13-24)20-22-18(23-27-20)8-11-26-14-16-5-3-2-4-6-16/h2-6,9,12,17H,7-8,10-11,13-14H2,1H3. The Morgan fingerprint density at radius 3 is 2.96 bits per heavy atom. The summed E-state index contributed by atoms with van der Waals surface area (Å²) in [6, 6.07) is 12.0. The number of ether oxygens (including phenoxy) is 1. The van der Waals surface area contributed by atoms with Crippen LogP contribution in [0.4, 0.5) is 0 Å². The summed E-state index contributed by atoms with van der Waals surface area (Å²) in [7, 11) is 0. The molecule has 1 unspecified atom stereocenters. The lowest BCUT2D eigenvalue weighted by atomic mass is 10.1. The van der Waals surface area contributed by atoms with E-state index in [9.17, 15) is 4.79 Å². The third-order valence-electron chi connectivity index (χ3n) is 4.95. The number of amides is 1. The van der Waals surface area contributed by atoms with Gasteiger partial charge in [0.05, 0.1) is 24.0 Å². The molecule has 0 radical (unpaired) electrons. The first-order chi connectivity index (χ1) is 13.7. The zero-order chi connectivity index (χ0) is 19.3. The smallest absolute Gasteiger partial charge is 0.264 e. The minimum absolute atomic E-state index is 0.101. The van der Waals surface area contributed by atoms with Crippen molar-refractivity contribution in [1.29, 1.82) is 0 Å². The summed E-state index contributed by atoms with van der Waals surface area (Å²) >= 11 is 1.50. The molecule has 0 aliphatic carbocycles. The molecule has 1 amide bonds. The van der Waals surface area contributed by atoms with Gasteiger partial charge in [-0.3, -0.25) is 4.79 Å². The summed E-state index contributed by atoms with van der Waals surface area (Å²) in [6.45, 7) is 4.44. The molecule has 0 N–H and O–H groups in total. The van der Waals surface area contributed by atoms with Gasteiger partial charge in [-0.2, -0.15) is 4.98 Å². The molecule has 4 rings (SSSR count). The van der Waals surface area contributed by atoms with Crippen molar-refractivity contribution >= 4 is 17.2 Å². The van der Waals surface area contributed by atoms with Crippen molar-refractivity contribution in [2.45, 2.75) is 32.3 Å². The molecule has 146 valence electrons. The summed E-state index contributed by atoms with van der Waals surface area (Å²) in [5.74, 6) is 1.48. The van der Waals surface area contributed by atoms with Crippen molar-refractivity contribution in [3.8, 4) is 0 Å². The number of nitrogens with zero attached hydrogens (tertiary/aromatic N) is 3. The Hall–Kier alpha value is -2.51. The van der Waals surface area contributed by atoms with E-state index in [0.717, 1.165) is 29.0 Å². The maximum absolute atomic E-state index is 12.7. The summed E-state index contributed by atoms with van der Waals surface area (Å²) in [5.41, 5.74) is 2.18. The fourth-order valence-electron chi connectivity index (χ4n) is 3.34. The van der Waals surface area contributed by atoms with E-state index in [4.69, 9.17) is 9.26 Å². The van der Waals surface area contributed by atoms with Gasteiger partial charge in [0, 0.05) is 19.5 Å². The molecule has 1 aliphatic heterocycles. The molecule has 0 bridgehead atoms. The maximum Gasteiger partial charge on any atom is 0.264 e. The fourth-order valence-corrected chi connectivity index (χ4v) is 4.24. The van der Waals surface area contributed by atoms with Gasteiger partial charge in [0.1, 0.15) is 0 Å². The van der Waals surface area contributed by atoms with Crippen LogP contribution in [-0.2, 0) is 17.8 Å². The van der Waals surface area contributed by atoms with Crippen LogP contribution in [0.3, 0.4) is 0 Å². The van der Waals surface area contributed by atoms with Crippen LogP contribution in [0, 0.1) is 6.92 Å². The largest absolute Gasteiger partial charge is 0.376 e. The second kappa shape index (κ2) is 8.67. The lowest BCUT2D eigenvalue weighted by Crippen LogP contribution is -2.28. The predicted octanol–water partition coefficient (Wildman–Crippen LogP) is 3.83. The quantitative estimate of drug-likeness (QED) is 0.567. The van der Waals surface area contributed by atoms with Gasteiger partial charge in [0.25, 0.3) is 5.91 Å². The summed E-state index contributed by atoms with van der Waals surface area (Å²) in [6.07, 6.45) is 1.46. The lowest BCUT2D eigenvalue weighted by Gasteiger charge is -2.15. The van der Waals surface area contributed by atoms with Crippen LogP contribution in [0.2, 0.25) is 0 Å². The number of carbonyl (C=O) groups is 1. The molecule has 1 saturated heterocycles. The average molecular weight is 398 g/mol. The highest BCUT2D eigenvalue weighted by Gasteiger charge is 2.32. The number of likely N-dealkylation sites (tertiary alicyclic amines) is 1. The van der Waals surface area contributed by atoms with E-state index in [0.29, 0.717) is 37.9 Å². The molecular formula is C21H23N3O3S. The van der Waals surface area contributed by atoms with Gasteiger partial charge >= 0.3 is 0 Å². The molecule has 3 aromatic rings. The third kappa shape index (κ3) is 4.31. The Labute approximate surface area is 168 Å². The summed E-state index contributed by atoms with van der Waals surface area (Å²) in [4.78, 5) is 19.9. The molecule has 2 aromatic heterocycles. The minimum Gasteiger partial charge on any atom is -0.376 e. The van der Waals surface area contributed by atoms with Gasteiger partial charge in [-0.25, -0.2) is 0 Å². The molecular weight excluding hydrogens is 374 g/mol. The molecule has 1 fully saturated rings. The molecule has 28 heavy (non-hydrogen) atoms. The number of thiophene rings is 1. The van der Waals surface area contributed by atoms with Crippen LogP contribution in [0.15, 0.2) is 46.3 Å². The Morgan fingerprint density at radius 2 is 2.18 bits per heavy atom. The minimum atomic E-state index is 0.101. The number of aryl methyl sites for hydroxylation is 1. The van der Waals surface area contributed by atoms with Crippen molar-refractivity contribution in [2.75, 3.05) is 19.7 Å². The molecule has 3 heterocycles. The molecule has 6 nitrogen and oxygen atoms in total. The predicted molar refractivity (Wildman–Crippen MR) is 106 cm³/mol. The van der Waals surface area contributed by atoms with E-state index >= 15 is 0 Å². The van der Waals surface area contributed by atoms with Crippen LogP contribution in [-0.4, -0.2) is 40.6 Å². The van der Waals surface area contributed by atoms with Crippen LogP contribution >= 0.6 is 11.3 Å². The number of aromatic nitrogens is 2. The van der Waals surface area contributed by atoms with E-state index in [1.807, 2.05) is 53.6 Å². The Bertz CT molecular complexity index is 922. The zero-order valence-corrected chi connectivity index (χ0v) is 16.7. The highest BCUT2D eigenvalue weighted by Crippen LogP contribution is 2.28. The topological polar surface area (TPSA) is 68.5 Å².